The molecule has 3 amide bonds. The summed E-state index contributed by atoms with van der Waals surface area (Å²) in [4.78, 5) is 21.9. The number of urea groups is 1. The molecule has 1 aromatic heterocycles. The summed E-state index contributed by atoms with van der Waals surface area (Å²) < 4.78 is 5.21. The van der Waals surface area contributed by atoms with Gasteiger partial charge >= 0.3 is 6.03 Å². The lowest BCUT2D eigenvalue weighted by Gasteiger charge is -2.02. The number of furan rings is 1. The van der Waals surface area contributed by atoms with Crippen molar-refractivity contribution in [3.05, 3.63) is 23.7 Å². The topological polar surface area (TPSA) is 74.9 Å². The fourth-order valence-electron chi connectivity index (χ4n) is 1.17. The number of nitrogens with one attached hydrogen (secondary N) is 1. The van der Waals surface area contributed by atoms with E-state index < -0.39 is 6.03 Å². The average molecular weight is 207 g/mol. The molecule has 6 heteroatoms. The van der Waals surface area contributed by atoms with E-state index in [1.54, 1.807) is 12.1 Å². The van der Waals surface area contributed by atoms with E-state index in [0.29, 0.717) is 5.76 Å². The summed E-state index contributed by atoms with van der Waals surface area (Å²) in [7, 11) is 0. The quantitative estimate of drug-likeness (QED) is 0.566. The Morgan fingerprint density at radius 2 is 2.33 bits per heavy atom. The molecule has 0 aromatic carbocycles. The van der Waals surface area contributed by atoms with Gasteiger partial charge < -0.3 is 4.42 Å². The molecule has 6 nitrogen and oxygen atoms in total. The van der Waals surface area contributed by atoms with Crippen LogP contribution >= 0.6 is 0 Å². The van der Waals surface area contributed by atoms with Gasteiger partial charge in [-0.2, -0.15) is 5.10 Å². The molecule has 0 saturated carbocycles. The van der Waals surface area contributed by atoms with Crippen molar-refractivity contribution < 1.29 is 14.0 Å². The Bertz CT molecular complexity index is 436. The largest absolute Gasteiger partial charge is 0.460 e. The fraction of sp³-hybridized carbons (Fsp3) is 0.222. The van der Waals surface area contributed by atoms with Crippen molar-refractivity contribution in [3.8, 4) is 0 Å². The fourth-order valence-corrected chi connectivity index (χ4v) is 1.17. The first-order valence-corrected chi connectivity index (χ1v) is 4.37. The van der Waals surface area contributed by atoms with Crippen LogP contribution in [0.1, 0.15) is 11.5 Å². The molecule has 0 radical (unpaired) electrons. The van der Waals surface area contributed by atoms with Gasteiger partial charge in [0.25, 0.3) is 0 Å². The molecule has 1 aliphatic rings. The molecule has 1 aliphatic heterocycles. The Morgan fingerprint density at radius 1 is 1.53 bits per heavy atom. The molecule has 1 fully saturated rings. The van der Waals surface area contributed by atoms with E-state index in [1.165, 1.54) is 6.21 Å². The summed E-state index contributed by atoms with van der Waals surface area (Å²) in [6.45, 7) is 1.76. The highest BCUT2D eigenvalue weighted by Gasteiger charge is 2.25. The van der Waals surface area contributed by atoms with Gasteiger partial charge in [-0.05, 0) is 19.1 Å². The van der Waals surface area contributed by atoms with Gasteiger partial charge in [-0.1, -0.05) is 0 Å². The number of hydrogen-bond acceptors (Lipinski definition) is 4. The predicted octanol–water partition coefficient (Wildman–Crippen LogP) is 0.474. The van der Waals surface area contributed by atoms with Gasteiger partial charge in [-0.25, -0.2) is 9.80 Å². The number of hydrazone groups is 1. The molecule has 0 atom stereocenters. The zero-order chi connectivity index (χ0) is 10.8. The van der Waals surface area contributed by atoms with Crippen LogP contribution in [0.5, 0.6) is 0 Å². The Labute approximate surface area is 85.5 Å². The molecule has 15 heavy (non-hydrogen) atoms. The van der Waals surface area contributed by atoms with E-state index in [1.807, 2.05) is 6.92 Å². The second kappa shape index (κ2) is 3.56. The van der Waals surface area contributed by atoms with Crippen molar-refractivity contribution in [1.82, 2.24) is 10.3 Å². The maximum absolute atomic E-state index is 11.1. The Hall–Kier alpha value is -2.11. The lowest BCUT2D eigenvalue weighted by atomic mass is 10.4. The Morgan fingerprint density at radius 3 is 2.87 bits per heavy atom. The number of rotatable bonds is 2. The number of carbonyl (C=O) groups excluding carboxylic acids is 2. The first-order chi connectivity index (χ1) is 7.15. The Kier molecular flexibility index (Phi) is 2.24. The zero-order valence-corrected chi connectivity index (χ0v) is 8.06. The lowest BCUT2D eigenvalue weighted by molar-refractivity contribution is -0.118. The molecule has 0 aliphatic carbocycles. The molecule has 1 saturated heterocycles. The van der Waals surface area contributed by atoms with Gasteiger partial charge in [0.05, 0.1) is 6.21 Å². The number of nitrogens with zero attached hydrogens (tertiary/aromatic N) is 2. The number of carbonyl (C=O) groups is 2. The predicted molar refractivity (Wildman–Crippen MR) is 51.3 cm³/mol. The minimum atomic E-state index is -0.514. The minimum absolute atomic E-state index is 0.0466. The highest BCUT2D eigenvalue weighted by molar-refractivity contribution is 6.02. The first-order valence-electron chi connectivity index (χ1n) is 4.37. The van der Waals surface area contributed by atoms with Gasteiger partial charge in [-0.15, -0.1) is 0 Å². The summed E-state index contributed by atoms with van der Waals surface area (Å²) in [6, 6.07) is 3.00. The standard InChI is InChI=1S/C9H9N3O3/c1-6-2-3-7(15-6)4-10-12-5-8(13)11-9(12)14/h2-4H,5H2,1H3,(H,11,13,14)/b10-4-. The number of imide groups is 1. The van der Waals surface area contributed by atoms with E-state index in [4.69, 9.17) is 4.42 Å². The second-order valence-electron chi connectivity index (χ2n) is 3.10. The zero-order valence-electron chi connectivity index (χ0n) is 8.06. The van der Waals surface area contributed by atoms with Crippen molar-refractivity contribution >= 4 is 18.2 Å². The van der Waals surface area contributed by atoms with E-state index >= 15 is 0 Å². The van der Waals surface area contributed by atoms with E-state index in [0.717, 1.165) is 10.8 Å². The molecular weight excluding hydrogens is 198 g/mol. The van der Waals surface area contributed by atoms with Crippen LogP contribution in [0.15, 0.2) is 21.7 Å². The van der Waals surface area contributed by atoms with Crippen LogP contribution in [-0.2, 0) is 4.79 Å². The third-order valence-electron chi connectivity index (χ3n) is 1.86. The number of aryl methyl sites for hydroxylation is 1. The van der Waals surface area contributed by atoms with Crippen LogP contribution in [0.3, 0.4) is 0 Å². The summed E-state index contributed by atoms with van der Waals surface area (Å²) in [5.41, 5.74) is 0. The average Bonchev–Trinajstić information content (AvgIpc) is 2.70. The van der Waals surface area contributed by atoms with E-state index in [9.17, 15) is 9.59 Å². The summed E-state index contributed by atoms with van der Waals surface area (Å²) in [5.74, 6) is 0.950. The monoisotopic (exact) mass is 207 g/mol. The minimum Gasteiger partial charge on any atom is -0.460 e. The second-order valence-corrected chi connectivity index (χ2v) is 3.10. The highest BCUT2D eigenvalue weighted by Crippen LogP contribution is 2.04. The smallest absolute Gasteiger partial charge is 0.344 e. The normalized spacial score (nSPS) is 16.5. The molecule has 0 unspecified atom stereocenters. The summed E-state index contributed by atoms with van der Waals surface area (Å²) in [6.07, 6.45) is 1.39. The van der Waals surface area contributed by atoms with Crippen LogP contribution in [0.25, 0.3) is 0 Å². The van der Waals surface area contributed by atoms with Crippen molar-refractivity contribution in [1.29, 1.82) is 0 Å². The maximum Gasteiger partial charge on any atom is 0.344 e. The van der Waals surface area contributed by atoms with Crippen LogP contribution in [0, 0.1) is 6.92 Å². The van der Waals surface area contributed by atoms with Crippen LogP contribution in [0.4, 0.5) is 4.79 Å². The van der Waals surface area contributed by atoms with Gasteiger partial charge in [0.1, 0.15) is 18.1 Å². The van der Waals surface area contributed by atoms with Gasteiger partial charge in [-0.3, -0.25) is 10.1 Å². The maximum atomic E-state index is 11.1. The molecule has 1 aromatic rings. The third kappa shape index (κ3) is 2.04. The van der Waals surface area contributed by atoms with Crippen LogP contribution in [-0.4, -0.2) is 29.7 Å². The van der Waals surface area contributed by atoms with Gasteiger partial charge in [0.15, 0.2) is 0 Å². The van der Waals surface area contributed by atoms with Gasteiger partial charge in [0, 0.05) is 0 Å². The molecule has 78 valence electrons. The summed E-state index contributed by atoms with van der Waals surface area (Å²) >= 11 is 0. The Balaban J connectivity index is 2.06. The number of hydrogen-bond donors (Lipinski definition) is 1. The highest BCUT2D eigenvalue weighted by atomic mass is 16.3. The van der Waals surface area contributed by atoms with Crippen molar-refractivity contribution in [2.45, 2.75) is 6.92 Å². The van der Waals surface area contributed by atoms with E-state index in [-0.39, 0.29) is 12.5 Å². The number of amides is 3. The molecular formula is C9H9N3O3. The summed E-state index contributed by atoms with van der Waals surface area (Å²) in [5, 5.41) is 6.97. The van der Waals surface area contributed by atoms with Gasteiger partial charge in [0.2, 0.25) is 5.91 Å². The van der Waals surface area contributed by atoms with Crippen LogP contribution < -0.4 is 5.32 Å². The van der Waals surface area contributed by atoms with Crippen molar-refractivity contribution in [2.75, 3.05) is 6.54 Å². The lowest BCUT2D eigenvalue weighted by Crippen LogP contribution is -2.24. The third-order valence-corrected chi connectivity index (χ3v) is 1.86. The molecule has 0 spiro atoms. The van der Waals surface area contributed by atoms with Crippen LogP contribution in [0.2, 0.25) is 0 Å². The molecule has 0 bridgehead atoms. The molecule has 2 rings (SSSR count). The SMILES string of the molecule is Cc1ccc(/C=N\N2CC(=O)NC2=O)o1. The molecule has 2 heterocycles. The van der Waals surface area contributed by atoms with Crippen molar-refractivity contribution in [2.24, 2.45) is 5.10 Å². The molecule has 1 N–H and O–H groups in total. The van der Waals surface area contributed by atoms with E-state index in [2.05, 4.69) is 10.4 Å². The first kappa shape index (κ1) is 9.45. The van der Waals surface area contributed by atoms with Crippen molar-refractivity contribution in [3.63, 3.8) is 0 Å².